The molecule has 16 heavy (non-hydrogen) atoms. The average molecular weight is 228 g/mol. The fourth-order valence-corrected chi connectivity index (χ4v) is 2.04. The van der Waals surface area contributed by atoms with Crippen LogP contribution in [0.1, 0.15) is 26.7 Å². The first kappa shape index (κ1) is 13.5. The Hall–Kier alpha value is -0.610. The largest absolute Gasteiger partial charge is 0.469 e. The van der Waals surface area contributed by atoms with Gasteiger partial charge in [-0.05, 0) is 52.2 Å². The smallest absolute Gasteiger partial charge is 0.312 e. The van der Waals surface area contributed by atoms with Gasteiger partial charge >= 0.3 is 5.97 Å². The van der Waals surface area contributed by atoms with Crippen LogP contribution in [-0.2, 0) is 9.53 Å². The summed E-state index contributed by atoms with van der Waals surface area (Å²) in [5.41, 5.74) is -0.434. The Labute approximate surface area is 98.1 Å². The lowest BCUT2D eigenvalue weighted by molar-refractivity contribution is -0.150. The van der Waals surface area contributed by atoms with Gasteiger partial charge in [-0.15, -0.1) is 0 Å². The van der Waals surface area contributed by atoms with E-state index in [2.05, 4.69) is 10.6 Å². The zero-order valence-electron chi connectivity index (χ0n) is 10.6. The van der Waals surface area contributed by atoms with Crippen LogP contribution in [-0.4, -0.2) is 39.3 Å². The first-order valence-corrected chi connectivity index (χ1v) is 6.06. The van der Waals surface area contributed by atoms with Crippen molar-refractivity contribution in [1.82, 2.24) is 10.6 Å². The van der Waals surface area contributed by atoms with Gasteiger partial charge in [-0.1, -0.05) is 0 Å². The van der Waals surface area contributed by atoms with E-state index in [1.165, 1.54) is 20.0 Å². The van der Waals surface area contributed by atoms with Crippen molar-refractivity contribution in [3.63, 3.8) is 0 Å². The van der Waals surface area contributed by atoms with E-state index in [-0.39, 0.29) is 5.97 Å². The Bertz CT molecular complexity index is 223. The topological polar surface area (TPSA) is 50.4 Å². The Morgan fingerprint density at radius 3 is 2.88 bits per heavy atom. The minimum absolute atomic E-state index is 0.151. The lowest BCUT2D eigenvalue weighted by Gasteiger charge is -2.26. The number of piperidine rings is 1. The first-order valence-electron chi connectivity index (χ1n) is 6.06. The number of ether oxygens (including phenoxy) is 1. The molecule has 4 heteroatoms. The van der Waals surface area contributed by atoms with E-state index in [1.807, 2.05) is 13.8 Å². The van der Waals surface area contributed by atoms with Crippen LogP contribution in [0.2, 0.25) is 0 Å². The summed E-state index contributed by atoms with van der Waals surface area (Å²) < 4.78 is 4.77. The number of nitrogens with one attached hydrogen (secondary N) is 2. The molecule has 1 atom stereocenters. The SMILES string of the molecule is COC(=O)C(C)(C)CNCC1CCCNC1. The number of carbonyl (C=O) groups excluding carboxylic acids is 1. The highest BCUT2D eigenvalue weighted by Gasteiger charge is 2.28. The fourth-order valence-electron chi connectivity index (χ4n) is 2.04. The molecule has 1 unspecified atom stereocenters. The highest BCUT2D eigenvalue weighted by Crippen LogP contribution is 2.16. The van der Waals surface area contributed by atoms with Crippen LogP contribution in [0.25, 0.3) is 0 Å². The lowest BCUT2D eigenvalue weighted by atomic mass is 9.93. The van der Waals surface area contributed by atoms with E-state index in [1.54, 1.807) is 0 Å². The van der Waals surface area contributed by atoms with Crippen molar-refractivity contribution >= 4 is 5.97 Å². The highest BCUT2D eigenvalue weighted by atomic mass is 16.5. The summed E-state index contributed by atoms with van der Waals surface area (Å²) >= 11 is 0. The number of esters is 1. The Morgan fingerprint density at radius 1 is 1.56 bits per heavy atom. The van der Waals surface area contributed by atoms with E-state index in [0.29, 0.717) is 12.5 Å². The second-order valence-corrected chi connectivity index (χ2v) is 5.22. The monoisotopic (exact) mass is 228 g/mol. The molecule has 0 aliphatic carbocycles. The van der Waals surface area contributed by atoms with Gasteiger partial charge in [-0.2, -0.15) is 0 Å². The zero-order chi connectivity index (χ0) is 12.0. The predicted molar refractivity (Wildman–Crippen MR) is 64.3 cm³/mol. The molecular weight excluding hydrogens is 204 g/mol. The van der Waals surface area contributed by atoms with Crippen LogP contribution < -0.4 is 10.6 Å². The molecule has 0 radical (unpaired) electrons. The van der Waals surface area contributed by atoms with Gasteiger partial charge in [-0.25, -0.2) is 0 Å². The predicted octanol–water partition coefficient (Wildman–Crippen LogP) is 0.775. The van der Waals surface area contributed by atoms with Crippen molar-refractivity contribution in [1.29, 1.82) is 0 Å². The third kappa shape index (κ3) is 4.10. The summed E-state index contributed by atoms with van der Waals surface area (Å²) in [7, 11) is 1.44. The molecule has 0 aromatic rings. The Morgan fingerprint density at radius 2 is 2.31 bits per heavy atom. The molecule has 1 aliphatic rings. The molecule has 1 aliphatic heterocycles. The number of hydrogen-bond donors (Lipinski definition) is 2. The van der Waals surface area contributed by atoms with Gasteiger partial charge in [-0.3, -0.25) is 4.79 Å². The fraction of sp³-hybridized carbons (Fsp3) is 0.917. The molecule has 0 amide bonds. The van der Waals surface area contributed by atoms with E-state index < -0.39 is 5.41 Å². The minimum Gasteiger partial charge on any atom is -0.469 e. The maximum Gasteiger partial charge on any atom is 0.312 e. The van der Waals surface area contributed by atoms with Gasteiger partial charge < -0.3 is 15.4 Å². The molecule has 0 bridgehead atoms. The average Bonchev–Trinajstić information content (AvgIpc) is 2.29. The second-order valence-electron chi connectivity index (χ2n) is 5.22. The number of rotatable bonds is 5. The summed E-state index contributed by atoms with van der Waals surface area (Å²) in [6.45, 7) is 7.70. The highest BCUT2D eigenvalue weighted by molar-refractivity contribution is 5.76. The van der Waals surface area contributed by atoms with Gasteiger partial charge in [0.2, 0.25) is 0 Å². The third-order valence-corrected chi connectivity index (χ3v) is 3.14. The van der Waals surface area contributed by atoms with Crippen molar-refractivity contribution < 1.29 is 9.53 Å². The zero-order valence-corrected chi connectivity index (χ0v) is 10.6. The maximum atomic E-state index is 11.4. The van der Waals surface area contributed by atoms with Crippen LogP contribution in [0.3, 0.4) is 0 Å². The molecule has 94 valence electrons. The molecular formula is C12H24N2O2. The van der Waals surface area contributed by atoms with Crippen LogP contribution in [0.15, 0.2) is 0 Å². The summed E-state index contributed by atoms with van der Waals surface area (Å²) in [4.78, 5) is 11.4. The molecule has 1 rings (SSSR count). The summed E-state index contributed by atoms with van der Waals surface area (Å²) in [6, 6.07) is 0. The van der Waals surface area contributed by atoms with Crippen LogP contribution in [0.4, 0.5) is 0 Å². The molecule has 2 N–H and O–H groups in total. The standard InChI is InChI=1S/C12H24N2O2/c1-12(2,11(15)16-3)9-14-8-10-5-4-6-13-7-10/h10,13-14H,4-9H2,1-3H3. The van der Waals surface area contributed by atoms with Gasteiger partial charge in [0.05, 0.1) is 12.5 Å². The van der Waals surface area contributed by atoms with Crippen LogP contribution >= 0.6 is 0 Å². The van der Waals surface area contributed by atoms with Gasteiger partial charge in [0.1, 0.15) is 0 Å². The Balaban J connectivity index is 2.20. The molecule has 0 aromatic carbocycles. The molecule has 1 fully saturated rings. The quantitative estimate of drug-likeness (QED) is 0.683. The van der Waals surface area contributed by atoms with Crippen molar-refractivity contribution in [3.8, 4) is 0 Å². The van der Waals surface area contributed by atoms with E-state index in [0.717, 1.165) is 19.6 Å². The summed E-state index contributed by atoms with van der Waals surface area (Å²) in [5, 5.41) is 6.75. The van der Waals surface area contributed by atoms with E-state index in [4.69, 9.17) is 4.74 Å². The first-order chi connectivity index (χ1) is 7.56. The molecule has 0 saturated carbocycles. The van der Waals surface area contributed by atoms with Crippen molar-refractivity contribution in [2.24, 2.45) is 11.3 Å². The summed E-state index contributed by atoms with van der Waals surface area (Å²) in [6.07, 6.45) is 2.53. The second kappa shape index (κ2) is 6.21. The van der Waals surface area contributed by atoms with Crippen LogP contribution in [0.5, 0.6) is 0 Å². The molecule has 4 nitrogen and oxygen atoms in total. The molecule has 0 spiro atoms. The van der Waals surface area contributed by atoms with E-state index in [9.17, 15) is 4.79 Å². The van der Waals surface area contributed by atoms with Crippen molar-refractivity contribution in [2.45, 2.75) is 26.7 Å². The lowest BCUT2D eigenvalue weighted by Crippen LogP contribution is -2.41. The van der Waals surface area contributed by atoms with Gasteiger partial charge in [0.25, 0.3) is 0 Å². The Kier molecular flexibility index (Phi) is 5.22. The van der Waals surface area contributed by atoms with Crippen LogP contribution in [0, 0.1) is 11.3 Å². The number of carbonyl (C=O) groups is 1. The molecule has 0 aromatic heterocycles. The van der Waals surface area contributed by atoms with Gasteiger partial charge in [0.15, 0.2) is 0 Å². The molecule has 1 saturated heterocycles. The van der Waals surface area contributed by atoms with Crippen molar-refractivity contribution in [2.75, 3.05) is 33.3 Å². The third-order valence-electron chi connectivity index (χ3n) is 3.14. The normalized spacial score (nSPS) is 21.8. The number of methoxy groups -OCH3 is 1. The van der Waals surface area contributed by atoms with Crippen molar-refractivity contribution in [3.05, 3.63) is 0 Å². The number of hydrogen-bond acceptors (Lipinski definition) is 4. The molecule has 1 heterocycles. The minimum atomic E-state index is -0.434. The van der Waals surface area contributed by atoms with Gasteiger partial charge in [0, 0.05) is 6.54 Å². The van der Waals surface area contributed by atoms with E-state index >= 15 is 0 Å². The summed E-state index contributed by atoms with van der Waals surface area (Å²) in [5.74, 6) is 0.545. The maximum absolute atomic E-state index is 11.4.